The van der Waals surface area contributed by atoms with E-state index in [-0.39, 0.29) is 16.9 Å². The predicted octanol–water partition coefficient (Wildman–Crippen LogP) is 1.24. The molecule has 1 aliphatic carbocycles. The molecule has 6 nitrogen and oxygen atoms in total. The molecule has 1 amide bonds. The molecular weight excluding hydrogens is 328 g/mol. The molecule has 0 radical (unpaired) electrons. The summed E-state index contributed by atoms with van der Waals surface area (Å²) in [5.74, 6) is -0.212. The maximum absolute atomic E-state index is 12.5. The molecule has 2 atom stereocenters. The normalized spacial score (nSPS) is 25.8. The van der Waals surface area contributed by atoms with Crippen molar-refractivity contribution in [1.29, 1.82) is 0 Å². The first-order valence-corrected chi connectivity index (χ1v) is 9.89. The molecule has 0 aromatic heterocycles. The zero-order valence-corrected chi connectivity index (χ0v) is 15.4. The Labute approximate surface area is 143 Å². The number of hydrogen-bond acceptors (Lipinski definition) is 5. The third kappa shape index (κ3) is 3.34. The van der Waals surface area contributed by atoms with Crippen molar-refractivity contribution in [3.63, 3.8) is 0 Å². The molecule has 1 fully saturated rings. The fourth-order valence-corrected chi connectivity index (χ4v) is 3.65. The minimum atomic E-state index is -3.22. The maximum Gasteiger partial charge on any atom is 0.241 e. The van der Waals surface area contributed by atoms with E-state index in [1.54, 1.807) is 12.1 Å². The van der Waals surface area contributed by atoms with Crippen LogP contribution in [0.4, 0.5) is 0 Å². The van der Waals surface area contributed by atoms with E-state index in [0.29, 0.717) is 19.6 Å². The van der Waals surface area contributed by atoms with Gasteiger partial charge in [-0.15, -0.1) is 0 Å². The zero-order valence-electron chi connectivity index (χ0n) is 14.6. The Morgan fingerprint density at radius 2 is 1.92 bits per heavy atom. The first-order valence-electron chi connectivity index (χ1n) is 8.00. The van der Waals surface area contributed by atoms with Crippen LogP contribution in [0.15, 0.2) is 29.2 Å². The molecule has 3 N–H and O–H groups in total. The van der Waals surface area contributed by atoms with E-state index in [2.05, 4.69) is 5.32 Å². The lowest BCUT2D eigenvalue weighted by atomic mass is 9.54. The molecule has 0 saturated heterocycles. The van der Waals surface area contributed by atoms with Gasteiger partial charge < -0.3 is 15.8 Å². The van der Waals surface area contributed by atoms with Gasteiger partial charge in [-0.05, 0) is 24.6 Å². The number of hydrogen-bond donors (Lipinski definition) is 2. The van der Waals surface area contributed by atoms with E-state index in [1.807, 2.05) is 20.8 Å². The standard InChI is InChI=1S/C17H26N2O4S/c1-5-23-14-10-17(18,16(14,2)3)15(20)19-11-12-6-8-13(9-7-12)24(4,21)22/h6-9,14H,5,10-11,18H2,1-4H3,(H,19,20). The maximum atomic E-state index is 12.5. The Hall–Kier alpha value is -1.44. The Balaban J connectivity index is 1.99. The highest BCUT2D eigenvalue weighted by atomic mass is 32.2. The second kappa shape index (κ2) is 6.46. The summed E-state index contributed by atoms with van der Waals surface area (Å²) in [6.45, 7) is 6.71. The average Bonchev–Trinajstić information content (AvgIpc) is 2.51. The molecule has 2 rings (SSSR count). The molecule has 134 valence electrons. The molecule has 0 spiro atoms. The molecule has 1 aliphatic rings. The number of sulfone groups is 1. The van der Waals surface area contributed by atoms with Crippen LogP contribution in [-0.2, 0) is 25.9 Å². The van der Waals surface area contributed by atoms with Gasteiger partial charge in [-0.25, -0.2) is 8.42 Å². The minimum Gasteiger partial charge on any atom is -0.378 e. The zero-order chi connectivity index (χ0) is 18.2. The van der Waals surface area contributed by atoms with E-state index in [4.69, 9.17) is 10.5 Å². The highest BCUT2D eigenvalue weighted by Crippen LogP contribution is 2.49. The first kappa shape index (κ1) is 18.9. The van der Waals surface area contributed by atoms with Crippen LogP contribution in [0.1, 0.15) is 32.8 Å². The van der Waals surface area contributed by atoms with Crippen LogP contribution in [-0.4, -0.2) is 38.8 Å². The van der Waals surface area contributed by atoms with Crippen LogP contribution in [0.2, 0.25) is 0 Å². The fourth-order valence-electron chi connectivity index (χ4n) is 3.02. The van der Waals surface area contributed by atoms with Gasteiger partial charge in [-0.3, -0.25) is 4.79 Å². The monoisotopic (exact) mass is 354 g/mol. The summed E-state index contributed by atoms with van der Waals surface area (Å²) in [6.07, 6.45) is 1.63. The van der Waals surface area contributed by atoms with Crippen molar-refractivity contribution in [3.05, 3.63) is 29.8 Å². The van der Waals surface area contributed by atoms with E-state index < -0.39 is 20.8 Å². The van der Waals surface area contributed by atoms with E-state index in [9.17, 15) is 13.2 Å². The van der Waals surface area contributed by atoms with Crippen LogP contribution >= 0.6 is 0 Å². The number of carbonyl (C=O) groups is 1. The van der Waals surface area contributed by atoms with Gasteiger partial charge >= 0.3 is 0 Å². The molecule has 24 heavy (non-hydrogen) atoms. The summed E-state index contributed by atoms with van der Waals surface area (Å²) < 4.78 is 28.5. The molecule has 1 aromatic rings. The van der Waals surface area contributed by atoms with Crippen molar-refractivity contribution in [1.82, 2.24) is 5.32 Å². The summed E-state index contributed by atoms with van der Waals surface area (Å²) in [7, 11) is -3.22. The van der Waals surface area contributed by atoms with E-state index >= 15 is 0 Å². The van der Waals surface area contributed by atoms with Crippen molar-refractivity contribution in [3.8, 4) is 0 Å². The van der Waals surface area contributed by atoms with Crippen LogP contribution in [0.3, 0.4) is 0 Å². The van der Waals surface area contributed by atoms with Crippen LogP contribution in [0, 0.1) is 5.41 Å². The lowest BCUT2D eigenvalue weighted by molar-refractivity contribution is -0.170. The molecule has 2 unspecified atom stereocenters. The molecule has 0 aliphatic heterocycles. The Kier molecular flexibility index (Phi) is 5.09. The number of benzene rings is 1. The van der Waals surface area contributed by atoms with Crippen LogP contribution < -0.4 is 11.1 Å². The lowest BCUT2D eigenvalue weighted by Crippen LogP contribution is -2.75. The summed E-state index contributed by atoms with van der Waals surface area (Å²) in [5.41, 5.74) is 5.74. The van der Waals surface area contributed by atoms with Gasteiger partial charge in [-0.1, -0.05) is 26.0 Å². The van der Waals surface area contributed by atoms with Gasteiger partial charge in [0.15, 0.2) is 9.84 Å². The third-order valence-electron chi connectivity index (χ3n) is 5.04. The van der Waals surface area contributed by atoms with Gasteiger partial charge in [0.1, 0.15) is 5.54 Å². The van der Waals surface area contributed by atoms with E-state index in [0.717, 1.165) is 11.8 Å². The predicted molar refractivity (Wildman–Crippen MR) is 92.1 cm³/mol. The SMILES string of the molecule is CCOC1CC(N)(C(=O)NCc2ccc(S(C)(=O)=O)cc2)C1(C)C. The Morgan fingerprint density at radius 3 is 2.38 bits per heavy atom. The number of ether oxygens (including phenoxy) is 1. The average molecular weight is 354 g/mol. The van der Waals surface area contributed by atoms with Crippen LogP contribution in [0.25, 0.3) is 0 Å². The number of rotatable bonds is 6. The molecular formula is C17H26N2O4S. The summed E-state index contributed by atoms with van der Waals surface area (Å²) in [4.78, 5) is 12.8. The van der Waals surface area contributed by atoms with Crippen molar-refractivity contribution in [2.24, 2.45) is 11.1 Å². The Bertz CT molecular complexity index is 713. The van der Waals surface area contributed by atoms with Gasteiger partial charge in [0, 0.05) is 31.2 Å². The Morgan fingerprint density at radius 1 is 1.33 bits per heavy atom. The van der Waals surface area contributed by atoms with Crippen molar-refractivity contribution in [2.75, 3.05) is 12.9 Å². The topological polar surface area (TPSA) is 98.5 Å². The smallest absolute Gasteiger partial charge is 0.241 e. The van der Waals surface area contributed by atoms with Crippen molar-refractivity contribution in [2.45, 2.75) is 50.3 Å². The molecule has 0 heterocycles. The number of amides is 1. The molecule has 1 saturated carbocycles. The number of nitrogens with two attached hydrogens (primary N) is 1. The van der Waals surface area contributed by atoms with Gasteiger partial charge in [0.05, 0.1) is 11.0 Å². The highest BCUT2D eigenvalue weighted by molar-refractivity contribution is 7.90. The number of nitrogens with one attached hydrogen (secondary N) is 1. The highest BCUT2D eigenvalue weighted by Gasteiger charge is 2.62. The second-order valence-corrected chi connectivity index (χ2v) is 8.96. The molecule has 0 bridgehead atoms. The first-order chi connectivity index (χ1) is 11.0. The third-order valence-corrected chi connectivity index (χ3v) is 6.17. The quantitative estimate of drug-likeness (QED) is 0.801. The van der Waals surface area contributed by atoms with E-state index in [1.165, 1.54) is 12.1 Å². The molecule has 7 heteroatoms. The summed E-state index contributed by atoms with van der Waals surface area (Å²) >= 11 is 0. The minimum absolute atomic E-state index is 0.0210. The van der Waals surface area contributed by atoms with Gasteiger partial charge in [0.25, 0.3) is 0 Å². The van der Waals surface area contributed by atoms with Gasteiger partial charge in [0.2, 0.25) is 5.91 Å². The fraction of sp³-hybridized carbons (Fsp3) is 0.588. The van der Waals surface area contributed by atoms with Gasteiger partial charge in [-0.2, -0.15) is 0 Å². The molecule has 1 aromatic carbocycles. The summed E-state index contributed by atoms with van der Waals surface area (Å²) in [5, 5.41) is 2.85. The van der Waals surface area contributed by atoms with Crippen LogP contribution in [0.5, 0.6) is 0 Å². The van der Waals surface area contributed by atoms with Crippen molar-refractivity contribution >= 4 is 15.7 Å². The summed E-state index contributed by atoms with van der Waals surface area (Å²) in [6, 6.07) is 6.45. The second-order valence-electron chi connectivity index (χ2n) is 6.94. The number of carbonyl (C=O) groups excluding carboxylic acids is 1. The van der Waals surface area contributed by atoms with Crippen molar-refractivity contribution < 1.29 is 17.9 Å². The lowest BCUT2D eigenvalue weighted by Gasteiger charge is -2.57. The largest absolute Gasteiger partial charge is 0.378 e.